The van der Waals surface area contributed by atoms with E-state index in [1.54, 1.807) is 6.92 Å². The number of aromatic nitrogens is 3. The van der Waals surface area contributed by atoms with E-state index in [2.05, 4.69) is 5.10 Å². The van der Waals surface area contributed by atoms with E-state index >= 15 is 0 Å². The first-order valence-corrected chi connectivity index (χ1v) is 4.93. The van der Waals surface area contributed by atoms with Crippen molar-refractivity contribution in [1.29, 1.82) is 0 Å². The molecule has 0 radical (unpaired) electrons. The minimum absolute atomic E-state index is 0.130. The third-order valence-corrected chi connectivity index (χ3v) is 2.53. The Morgan fingerprint density at radius 3 is 2.60 bits per heavy atom. The fourth-order valence-electron chi connectivity index (χ4n) is 1.34. The Kier molecular flexibility index (Phi) is 2.60. The van der Waals surface area contributed by atoms with Crippen molar-refractivity contribution in [2.24, 2.45) is 0 Å². The summed E-state index contributed by atoms with van der Waals surface area (Å²) in [6.07, 6.45) is 0. The molecule has 1 aromatic heterocycles. The van der Waals surface area contributed by atoms with Crippen molar-refractivity contribution in [3.05, 3.63) is 51.9 Å². The van der Waals surface area contributed by atoms with Crippen LogP contribution in [0.1, 0.15) is 11.3 Å². The minimum Gasteiger partial charge on any atom is -0.691 e. The second kappa shape index (κ2) is 3.90. The van der Waals surface area contributed by atoms with Gasteiger partial charge in [0.05, 0.1) is 0 Å². The van der Waals surface area contributed by atoms with E-state index in [1.807, 2.05) is 30.3 Å². The predicted octanol–water partition coefficient (Wildman–Crippen LogP) is 1.53. The zero-order valence-corrected chi connectivity index (χ0v) is 8.98. The molecule has 1 heterocycles. The molecule has 0 saturated heterocycles. The lowest BCUT2D eigenvalue weighted by molar-refractivity contribution is -0.696. The number of rotatable bonds is 2. The monoisotopic (exact) mass is 223 g/mol. The highest BCUT2D eigenvalue weighted by molar-refractivity contribution is 6.29. The number of nitrogens with zero attached hydrogens (tertiary/aromatic N) is 3. The number of hydrogen-bond donors (Lipinski definition) is 0. The Morgan fingerprint density at radius 1 is 1.40 bits per heavy atom. The number of benzene rings is 1. The van der Waals surface area contributed by atoms with Crippen molar-refractivity contribution in [3.8, 4) is 0 Å². The molecule has 2 rings (SSSR count). The van der Waals surface area contributed by atoms with Crippen LogP contribution in [-0.4, -0.2) is 9.90 Å². The molecule has 0 aliphatic carbocycles. The van der Waals surface area contributed by atoms with Crippen LogP contribution in [0.5, 0.6) is 0 Å². The summed E-state index contributed by atoms with van der Waals surface area (Å²) in [5.74, 6) is 0. The standard InChI is InChI=1S/C10H10ClN3O/c1-8-10(11)14(15)13(12-8)7-9-5-3-2-4-6-9/h2-6H,7H2,1H3. The van der Waals surface area contributed by atoms with Crippen LogP contribution in [0.4, 0.5) is 0 Å². The van der Waals surface area contributed by atoms with E-state index in [1.165, 1.54) is 4.80 Å². The van der Waals surface area contributed by atoms with Crippen molar-refractivity contribution in [2.75, 3.05) is 0 Å². The summed E-state index contributed by atoms with van der Waals surface area (Å²) in [6.45, 7) is 2.14. The second-order valence-corrected chi connectivity index (χ2v) is 3.62. The molecular formula is C10H10ClN3O. The highest BCUT2D eigenvalue weighted by atomic mass is 35.5. The summed E-state index contributed by atoms with van der Waals surface area (Å²) in [7, 11) is 0. The van der Waals surface area contributed by atoms with Crippen LogP contribution in [0.15, 0.2) is 30.3 Å². The zero-order chi connectivity index (χ0) is 10.8. The van der Waals surface area contributed by atoms with Crippen molar-refractivity contribution in [3.63, 3.8) is 0 Å². The van der Waals surface area contributed by atoms with E-state index in [4.69, 9.17) is 11.6 Å². The average Bonchev–Trinajstić information content (AvgIpc) is 2.48. The van der Waals surface area contributed by atoms with Crippen LogP contribution >= 0.6 is 11.6 Å². The summed E-state index contributed by atoms with van der Waals surface area (Å²) in [4.78, 5) is 1.90. The van der Waals surface area contributed by atoms with Crippen LogP contribution in [0, 0.1) is 12.1 Å². The molecule has 0 unspecified atom stereocenters. The summed E-state index contributed by atoms with van der Waals surface area (Å²) < 4.78 is 0. The lowest BCUT2D eigenvalue weighted by atomic mass is 10.2. The molecule has 0 N–H and O–H groups in total. The van der Waals surface area contributed by atoms with Crippen LogP contribution < -0.4 is 4.85 Å². The molecular weight excluding hydrogens is 214 g/mol. The summed E-state index contributed by atoms with van der Waals surface area (Å²) in [5.41, 5.74) is 1.56. The van der Waals surface area contributed by atoms with Crippen molar-refractivity contribution in [1.82, 2.24) is 9.90 Å². The van der Waals surface area contributed by atoms with Crippen molar-refractivity contribution >= 4 is 11.6 Å². The van der Waals surface area contributed by atoms with Gasteiger partial charge in [-0.25, -0.2) is 0 Å². The molecule has 0 spiro atoms. The first kappa shape index (κ1) is 9.98. The van der Waals surface area contributed by atoms with Gasteiger partial charge in [0.1, 0.15) is 6.54 Å². The van der Waals surface area contributed by atoms with Gasteiger partial charge in [0.25, 0.3) is 5.15 Å². The van der Waals surface area contributed by atoms with E-state index < -0.39 is 0 Å². The van der Waals surface area contributed by atoms with Gasteiger partial charge in [-0.05, 0) is 22.0 Å². The molecule has 0 saturated carbocycles. The van der Waals surface area contributed by atoms with Crippen molar-refractivity contribution in [2.45, 2.75) is 13.5 Å². The second-order valence-electron chi connectivity index (χ2n) is 3.27. The van der Waals surface area contributed by atoms with Gasteiger partial charge in [-0.1, -0.05) is 30.3 Å². The maximum absolute atomic E-state index is 11.5. The topological polar surface area (TPSA) is 44.8 Å². The molecule has 1 aromatic carbocycles. The molecule has 0 atom stereocenters. The first-order valence-electron chi connectivity index (χ1n) is 4.55. The number of hydrogen-bond acceptors (Lipinski definition) is 2. The highest BCUT2D eigenvalue weighted by Crippen LogP contribution is 2.07. The van der Waals surface area contributed by atoms with Gasteiger partial charge in [-0.2, -0.15) is 0 Å². The van der Waals surface area contributed by atoms with E-state index in [9.17, 15) is 5.21 Å². The van der Waals surface area contributed by atoms with Gasteiger partial charge in [0.2, 0.25) is 5.69 Å². The Morgan fingerprint density at radius 2 is 2.07 bits per heavy atom. The molecule has 0 fully saturated rings. The van der Waals surface area contributed by atoms with Crippen LogP contribution in [0.2, 0.25) is 5.15 Å². The molecule has 0 aliphatic rings. The summed E-state index contributed by atoms with van der Waals surface area (Å²) in [6, 6.07) is 9.64. The van der Waals surface area contributed by atoms with Gasteiger partial charge >= 0.3 is 0 Å². The fourth-order valence-corrected chi connectivity index (χ4v) is 1.47. The Hall–Kier alpha value is -1.55. The molecule has 78 valence electrons. The van der Waals surface area contributed by atoms with Gasteiger partial charge < -0.3 is 5.21 Å². The number of halogens is 1. The third kappa shape index (κ3) is 1.94. The Balaban J connectivity index is 2.29. The third-order valence-electron chi connectivity index (χ3n) is 2.11. The number of aryl methyl sites for hydroxylation is 1. The Bertz CT molecular complexity index is 467. The molecule has 5 heteroatoms. The lowest BCUT2D eigenvalue weighted by Gasteiger charge is -2.03. The molecule has 15 heavy (non-hydrogen) atoms. The molecule has 0 aliphatic heterocycles. The highest BCUT2D eigenvalue weighted by Gasteiger charge is 2.16. The zero-order valence-electron chi connectivity index (χ0n) is 8.22. The van der Waals surface area contributed by atoms with Crippen LogP contribution in [-0.2, 0) is 6.54 Å². The van der Waals surface area contributed by atoms with Crippen LogP contribution in [0.25, 0.3) is 0 Å². The molecule has 0 amide bonds. The predicted molar refractivity (Wildman–Crippen MR) is 56.5 cm³/mol. The maximum atomic E-state index is 11.5. The summed E-state index contributed by atoms with van der Waals surface area (Å²) >= 11 is 5.73. The minimum atomic E-state index is 0.130. The first-order chi connectivity index (χ1) is 7.18. The maximum Gasteiger partial charge on any atom is 0.267 e. The van der Waals surface area contributed by atoms with Crippen LogP contribution in [0.3, 0.4) is 0 Å². The van der Waals surface area contributed by atoms with E-state index in [-0.39, 0.29) is 5.15 Å². The van der Waals surface area contributed by atoms with Gasteiger partial charge in [0, 0.05) is 12.0 Å². The van der Waals surface area contributed by atoms with Crippen molar-refractivity contribution < 1.29 is 4.85 Å². The van der Waals surface area contributed by atoms with E-state index in [0.29, 0.717) is 17.1 Å². The van der Waals surface area contributed by atoms with E-state index in [0.717, 1.165) is 5.56 Å². The average molecular weight is 224 g/mol. The lowest BCUT2D eigenvalue weighted by Crippen LogP contribution is -2.38. The molecule has 4 nitrogen and oxygen atoms in total. The van der Waals surface area contributed by atoms with Gasteiger partial charge in [0.15, 0.2) is 0 Å². The smallest absolute Gasteiger partial charge is 0.267 e. The van der Waals surface area contributed by atoms with Gasteiger partial charge in [-0.3, -0.25) is 0 Å². The fraction of sp³-hybridized carbons (Fsp3) is 0.200. The SMILES string of the molecule is Cc1nn(Cc2ccccc2)[n+]([O-])c1Cl. The molecule has 0 bridgehead atoms. The normalized spacial score (nSPS) is 10.5. The largest absolute Gasteiger partial charge is 0.691 e. The Labute approximate surface area is 92.3 Å². The molecule has 2 aromatic rings. The quantitative estimate of drug-likeness (QED) is 0.573. The summed E-state index contributed by atoms with van der Waals surface area (Å²) in [5, 5.41) is 15.6. The van der Waals surface area contributed by atoms with Gasteiger partial charge in [-0.15, -0.1) is 4.85 Å².